The smallest absolute Gasteiger partial charge is 0.149 e. The molecule has 2 radical (unpaired) electrons. The summed E-state index contributed by atoms with van der Waals surface area (Å²) in [5.41, 5.74) is 0.392. The fourth-order valence-electron chi connectivity index (χ4n) is 3.21. The van der Waals surface area contributed by atoms with E-state index in [0.717, 1.165) is 6.42 Å². The summed E-state index contributed by atoms with van der Waals surface area (Å²) in [6.07, 6.45) is 9.24. The Labute approximate surface area is 139 Å². The molecular formula is C14H22CaOS. The van der Waals surface area contributed by atoms with Crippen molar-refractivity contribution >= 4 is 49.5 Å². The Morgan fingerprint density at radius 3 is 2.06 bits per heavy atom. The van der Waals surface area contributed by atoms with E-state index in [-0.39, 0.29) is 53.3 Å². The maximum Gasteiger partial charge on any atom is 0.149 e. The van der Waals surface area contributed by atoms with E-state index in [1.807, 2.05) is 12.2 Å². The van der Waals surface area contributed by atoms with Gasteiger partial charge in [0, 0.05) is 37.7 Å². The van der Waals surface area contributed by atoms with Crippen LogP contribution in [-0.4, -0.2) is 52.5 Å². The maximum atomic E-state index is 10.5. The molecule has 1 fully saturated rings. The number of hydrogen-bond donors (Lipinski definition) is 1. The number of allylic oxidation sites excluding steroid dienone is 2. The summed E-state index contributed by atoms with van der Waals surface area (Å²) in [4.78, 5) is -0.656. The number of hydrogen-bond acceptors (Lipinski definition) is 2. The van der Waals surface area contributed by atoms with Crippen LogP contribution < -0.4 is 0 Å². The number of aliphatic hydroxyl groups is 1. The zero-order valence-corrected chi connectivity index (χ0v) is 14.6. The molecule has 1 heterocycles. The molecule has 1 aliphatic heterocycles. The molecule has 0 spiro atoms. The van der Waals surface area contributed by atoms with Gasteiger partial charge >= 0.3 is 0 Å². The summed E-state index contributed by atoms with van der Waals surface area (Å²) in [6.45, 7) is 11.3. The first kappa shape index (κ1) is 16.1. The first-order chi connectivity index (χ1) is 7.12. The van der Waals surface area contributed by atoms with Gasteiger partial charge in [-0.1, -0.05) is 52.8 Å². The van der Waals surface area contributed by atoms with Gasteiger partial charge in [0.15, 0.2) is 0 Å². The van der Waals surface area contributed by atoms with E-state index in [1.54, 1.807) is 11.8 Å². The van der Waals surface area contributed by atoms with Crippen LogP contribution in [0.5, 0.6) is 0 Å². The fourth-order valence-corrected chi connectivity index (χ4v) is 4.71. The van der Waals surface area contributed by atoms with Crippen LogP contribution in [0, 0.1) is 10.8 Å². The van der Waals surface area contributed by atoms with Gasteiger partial charge in [-0.2, -0.15) is 0 Å². The molecule has 0 aromatic rings. The molecule has 2 rings (SSSR count). The van der Waals surface area contributed by atoms with E-state index >= 15 is 0 Å². The first-order valence-corrected chi connectivity index (χ1v) is 6.73. The third kappa shape index (κ3) is 2.67. The predicted molar refractivity (Wildman–Crippen MR) is 77.2 cm³/mol. The van der Waals surface area contributed by atoms with Gasteiger partial charge in [0.25, 0.3) is 0 Å². The topological polar surface area (TPSA) is 20.2 Å². The Kier molecular flexibility index (Phi) is 4.32. The summed E-state index contributed by atoms with van der Waals surface area (Å²) in [5.74, 6) is 0. The minimum absolute atomic E-state index is 0. The van der Waals surface area contributed by atoms with Crippen LogP contribution >= 0.6 is 11.8 Å². The normalized spacial score (nSPS) is 35.2. The van der Waals surface area contributed by atoms with Gasteiger partial charge in [0.2, 0.25) is 0 Å². The first-order valence-electron chi connectivity index (χ1n) is 5.92. The van der Waals surface area contributed by atoms with Gasteiger partial charge in [-0.25, -0.2) is 0 Å². The molecule has 1 aliphatic carbocycles. The molecular weight excluding hydrogens is 256 g/mol. The Morgan fingerprint density at radius 1 is 1.06 bits per heavy atom. The second kappa shape index (κ2) is 4.56. The number of rotatable bonds is 2. The molecule has 1 saturated heterocycles. The summed E-state index contributed by atoms with van der Waals surface area (Å²) in [6, 6.07) is 0. The minimum atomic E-state index is -0.656. The Bertz CT molecular complexity index is 367. The predicted octanol–water partition coefficient (Wildman–Crippen LogP) is 3.37. The van der Waals surface area contributed by atoms with Crippen molar-refractivity contribution in [2.24, 2.45) is 10.8 Å². The monoisotopic (exact) mass is 278 g/mol. The minimum Gasteiger partial charge on any atom is -0.374 e. The van der Waals surface area contributed by atoms with E-state index in [1.165, 1.54) is 0 Å². The molecule has 1 nitrogen and oxygen atoms in total. The zero-order valence-electron chi connectivity index (χ0n) is 11.6. The molecule has 0 aromatic heterocycles. The second-order valence-electron chi connectivity index (χ2n) is 6.87. The van der Waals surface area contributed by atoms with Crippen LogP contribution in [0.1, 0.15) is 41.0 Å². The van der Waals surface area contributed by atoms with Crippen LogP contribution in [-0.2, 0) is 0 Å². The Balaban J connectivity index is 0.00000144. The van der Waals surface area contributed by atoms with Crippen LogP contribution in [0.15, 0.2) is 24.3 Å². The fraction of sp³-hybridized carbons (Fsp3) is 0.714. The van der Waals surface area contributed by atoms with E-state index in [0.29, 0.717) is 0 Å². The standard InChI is InChI=1S/C14H22OS.Ca/c1-11(2,3)10-12(4,5)13-8-6-7-9-14(13,15)16-13;/h6-9,15H,10H2,1-5H3;. The van der Waals surface area contributed by atoms with Crippen molar-refractivity contribution in [3.05, 3.63) is 24.3 Å². The van der Waals surface area contributed by atoms with Crippen molar-refractivity contribution in [2.45, 2.75) is 50.7 Å². The molecule has 92 valence electrons. The third-order valence-corrected chi connectivity index (χ3v) is 5.44. The van der Waals surface area contributed by atoms with Crippen molar-refractivity contribution in [1.29, 1.82) is 0 Å². The number of fused-ring (bicyclic) bond motifs is 1. The molecule has 0 saturated carbocycles. The van der Waals surface area contributed by atoms with Gasteiger partial charge in [-0.15, -0.1) is 11.8 Å². The molecule has 0 amide bonds. The van der Waals surface area contributed by atoms with Crippen molar-refractivity contribution < 1.29 is 5.11 Å². The Morgan fingerprint density at radius 2 is 1.59 bits per heavy atom. The van der Waals surface area contributed by atoms with E-state index in [9.17, 15) is 5.11 Å². The Hall–Kier alpha value is 1.05. The largest absolute Gasteiger partial charge is 0.374 e. The average Bonchev–Trinajstić information content (AvgIpc) is 2.68. The van der Waals surface area contributed by atoms with E-state index in [2.05, 4.69) is 46.8 Å². The van der Waals surface area contributed by atoms with Crippen LogP contribution in [0.2, 0.25) is 0 Å². The van der Waals surface area contributed by atoms with Gasteiger partial charge in [-0.05, 0) is 23.3 Å². The summed E-state index contributed by atoms with van der Waals surface area (Å²) >= 11 is 1.68. The summed E-state index contributed by atoms with van der Waals surface area (Å²) in [5, 5.41) is 10.5. The second-order valence-corrected chi connectivity index (χ2v) is 8.34. The van der Waals surface area contributed by atoms with Gasteiger partial charge in [-0.3, -0.25) is 0 Å². The summed E-state index contributed by atoms with van der Waals surface area (Å²) < 4.78 is -0.109. The molecule has 1 N–H and O–H groups in total. The van der Waals surface area contributed by atoms with Crippen molar-refractivity contribution in [3.63, 3.8) is 0 Å². The quantitative estimate of drug-likeness (QED) is 0.617. The van der Waals surface area contributed by atoms with Crippen LogP contribution in [0.3, 0.4) is 0 Å². The SMILES string of the molecule is CC(C)(C)CC(C)(C)C12C=CC=CC1(O)S2.[Ca]. The van der Waals surface area contributed by atoms with Gasteiger partial charge in [0.05, 0.1) is 4.75 Å². The van der Waals surface area contributed by atoms with Crippen molar-refractivity contribution in [3.8, 4) is 0 Å². The molecule has 2 atom stereocenters. The van der Waals surface area contributed by atoms with E-state index < -0.39 is 4.93 Å². The molecule has 2 aliphatic rings. The van der Waals surface area contributed by atoms with Gasteiger partial charge < -0.3 is 5.11 Å². The molecule has 3 heteroatoms. The maximum absolute atomic E-state index is 10.5. The summed E-state index contributed by atoms with van der Waals surface area (Å²) in [7, 11) is 0. The van der Waals surface area contributed by atoms with Gasteiger partial charge in [0.1, 0.15) is 4.93 Å². The van der Waals surface area contributed by atoms with E-state index in [4.69, 9.17) is 0 Å². The number of thioether (sulfide) groups is 1. The average molecular weight is 278 g/mol. The molecule has 17 heavy (non-hydrogen) atoms. The molecule has 2 unspecified atom stereocenters. The zero-order chi connectivity index (χ0) is 12.2. The van der Waals surface area contributed by atoms with Crippen LogP contribution in [0.25, 0.3) is 0 Å². The molecule has 0 bridgehead atoms. The van der Waals surface area contributed by atoms with Crippen molar-refractivity contribution in [2.75, 3.05) is 0 Å². The molecule has 0 aromatic carbocycles. The van der Waals surface area contributed by atoms with Crippen LogP contribution in [0.4, 0.5) is 0 Å². The van der Waals surface area contributed by atoms with Crippen molar-refractivity contribution in [1.82, 2.24) is 0 Å². The third-order valence-electron chi connectivity index (χ3n) is 3.55.